The molecule has 1 rings (SSSR count). The zero-order valence-corrected chi connectivity index (χ0v) is 11.8. The maximum absolute atomic E-state index is 12.1. The second-order valence-electron chi connectivity index (χ2n) is 5.04. The number of ether oxygens (including phenoxy) is 1. The van der Waals surface area contributed by atoms with Crippen molar-refractivity contribution >= 4 is 16.5 Å². The second-order valence-corrected chi connectivity index (χ2v) is 6.57. The molecule has 0 aliphatic heterocycles. The van der Waals surface area contributed by atoms with Gasteiger partial charge in [-0.1, -0.05) is 6.07 Å². The summed E-state index contributed by atoms with van der Waals surface area (Å²) in [6.07, 6.45) is 0. The van der Waals surface area contributed by atoms with Crippen LogP contribution in [0.4, 0.5) is 5.69 Å². The lowest BCUT2D eigenvalue weighted by atomic mass is 10.2. The van der Waals surface area contributed by atoms with E-state index >= 15 is 0 Å². The van der Waals surface area contributed by atoms with E-state index in [1.165, 1.54) is 0 Å². The van der Waals surface area contributed by atoms with E-state index in [1.54, 1.807) is 6.07 Å². The topological polar surface area (TPSA) is 52.3 Å². The van der Waals surface area contributed by atoms with E-state index in [0.717, 1.165) is 10.5 Å². The molecule has 1 atom stereocenters. The molecule has 96 valence electrons. The van der Waals surface area contributed by atoms with Gasteiger partial charge in [0.1, 0.15) is 0 Å². The largest absolute Gasteiger partial charge is 0.399 e. The molecular weight excluding hydrogens is 234 g/mol. The molecule has 1 aromatic rings. The summed E-state index contributed by atoms with van der Waals surface area (Å²) >= 11 is 0. The maximum Gasteiger partial charge on any atom is 0.0598 e. The SMILES string of the molecule is Cc1ccc(N)cc1S(=O)CCOC(C)(C)C. The van der Waals surface area contributed by atoms with Gasteiger partial charge in [-0.25, -0.2) is 0 Å². The molecule has 0 bridgehead atoms. The molecule has 4 heteroatoms. The number of anilines is 1. The van der Waals surface area contributed by atoms with Crippen molar-refractivity contribution < 1.29 is 8.95 Å². The Labute approximate surface area is 106 Å². The lowest BCUT2D eigenvalue weighted by Gasteiger charge is -2.19. The summed E-state index contributed by atoms with van der Waals surface area (Å²) in [6.45, 7) is 8.40. The quantitative estimate of drug-likeness (QED) is 0.841. The predicted molar refractivity (Wildman–Crippen MR) is 72.6 cm³/mol. The van der Waals surface area contributed by atoms with Crippen LogP contribution >= 0.6 is 0 Å². The third kappa shape index (κ3) is 4.88. The fourth-order valence-corrected chi connectivity index (χ4v) is 2.54. The average Bonchev–Trinajstić information content (AvgIpc) is 2.19. The fraction of sp³-hybridized carbons (Fsp3) is 0.538. The standard InChI is InChI=1S/C13H21NO2S/c1-10-5-6-11(14)9-12(10)17(15)8-7-16-13(2,3)4/h5-6,9H,7-8,14H2,1-4H3. The molecule has 0 aliphatic carbocycles. The number of rotatable bonds is 4. The van der Waals surface area contributed by atoms with Gasteiger partial charge in [0.2, 0.25) is 0 Å². The zero-order chi connectivity index (χ0) is 13.1. The van der Waals surface area contributed by atoms with E-state index in [-0.39, 0.29) is 5.60 Å². The first kappa shape index (κ1) is 14.2. The number of benzene rings is 1. The lowest BCUT2D eigenvalue weighted by Crippen LogP contribution is -2.22. The lowest BCUT2D eigenvalue weighted by molar-refractivity contribution is 0.00669. The van der Waals surface area contributed by atoms with Crippen molar-refractivity contribution in [1.82, 2.24) is 0 Å². The summed E-state index contributed by atoms with van der Waals surface area (Å²) in [7, 11) is -1.04. The molecule has 0 spiro atoms. The second kappa shape index (κ2) is 5.65. The number of nitrogen functional groups attached to an aromatic ring is 1. The highest BCUT2D eigenvalue weighted by Gasteiger charge is 2.12. The first-order valence-electron chi connectivity index (χ1n) is 5.68. The van der Waals surface area contributed by atoms with Gasteiger partial charge in [0.15, 0.2) is 0 Å². The average molecular weight is 255 g/mol. The molecule has 3 nitrogen and oxygen atoms in total. The van der Waals surface area contributed by atoms with Crippen molar-refractivity contribution in [3.8, 4) is 0 Å². The van der Waals surface area contributed by atoms with Crippen LogP contribution in [0.15, 0.2) is 23.1 Å². The van der Waals surface area contributed by atoms with Crippen LogP contribution in [0.25, 0.3) is 0 Å². The van der Waals surface area contributed by atoms with Crippen LogP contribution in [0, 0.1) is 6.92 Å². The molecule has 2 N–H and O–H groups in total. The van der Waals surface area contributed by atoms with Gasteiger partial charge < -0.3 is 10.5 Å². The molecule has 0 amide bonds. The highest BCUT2D eigenvalue weighted by Crippen LogP contribution is 2.17. The third-order valence-corrected chi connectivity index (χ3v) is 3.73. The highest BCUT2D eigenvalue weighted by molar-refractivity contribution is 7.85. The first-order valence-corrected chi connectivity index (χ1v) is 7.00. The smallest absolute Gasteiger partial charge is 0.0598 e. The van der Waals surface area contributed by atoms with Gasteiger partial charge in [-0.05, 0) is 45.4 Å². The Morgan fingerprint density at radius 2 is 2.00 bits per heavy atom. The normalized spacial score (nSPS) is 13.6. The molecule has 0 aliphatic rings. The van der Waals surface area contributed by atoms with Crippen LogP contribution in [-0.2, 0) is 15.5 Å². The minimum absolute atomic E-state index is 0.186. The Hall–Kier alpha value is -0.870. The Balaban J connectivity index is 2.61. The number of hydrogen-bond acceptors (Lipinski definition) is 3. The molecule has 17 heavy (non-hydrogen) atoms. The van der Waals surface area contributed by atoms with E-state index in [9.17, 15) is 4.21 Å². The van der Waals surface area contributed by atoms with Crippen LogP contribution in [-0.4, -0.2) is 22.2 Å². The van der Waals surface area contributed by atoms with Crippen LogP contribution in [0.1, 0.15) is 26.3 Å². The van der Waals surface area contributed by atoms with E-state index in [1.807, 2.05) is 39.8 Å². The van der Waals surface area contributed by atoms with Gasteiger partial charge in [-0.3, -0.25) is 4.21 Å². The van der Waals surface area contributed by atoms with Crippen molar-refractivity contribution in [2.45, 2.75) is 38.2 Å². The Morgan fingerprint density at radius 3 is 2.59 bits per heavy atom. The molecule has 0 saturated heterocycles. The Morgan fingerprint density at radius 1 is 1.35 bits per heavy atom. The van der Waals surface area contributed by atoms with Crippen molar-refractivity contribution in [3.63, 3.8) is 0 Å². The summed E-state index contributed by atoms with van der Waals surface area (Å²) in [5, 5.41) is 0. The molecule has 0 saturated carbocycles. The highest BCUT2D eigenvalue weighted by atomic mass is 32.2. The first-order chi connectivity index (χ1) is 7.79. The van der Waals surface area contributed by atoms with Crippen molar-refractivity contribution in [2.75, 3.05) is 18.1 Å². The molecule has 1 unspecified atom stereocenters. The van der Waals surface area contributed by atoms with Gasteiger partial charge in [0.25, 0.3) is 0 Å². The van der Waals surface area contributed by atoms with E-state index in [2.05, 4.69) is 0 Å². The number of hydrogen-bond donors (Lipinski definition) is 1. The van der Waals surface area contributed by atoms with Gasteiger partial charge in [-0.2, -0.15) is 0 Å². The van der Waals surface area contributed by atoms with E-state index in [4.69, 9.17) is 10.5 Å². The Bertz CT molecular complexity index is 410. The maximum atomic E-state index is 12.1. The van der Waals surface area contributed by atoms with Gasteiger partial charge >= 0.3 is 0 Å². The zero-order valence-electron chi connectivity index (χ0n) is 10.9. The van der Waals surface area contributed by atoms with Crippen molar-refractivity contribution in [2.24, 2.45) is 0 Å². The van der Waals surface area contributed by atoms with Gasteiger partial charge in [0.05, 0.1) is 28.8 Å². The van der Waals surface area contributed by atoms with Gasteiger partial charge in [-0.15, -0.1) is 0 Å². The van der Waals surface area contributed by atoms with Crippen LogP contribution < -0.4 is 5.73 Å². The number of aryl methyl sites for hydroxylation is 1. The molecule has 0 radical (unpaired) electrons. The summed E-state index contributed by atoms with van der Waals surface area (Å²) in [5.41, 5.74) is 7.17. The summed E-state index contributed by atoms with van der Waals surface area (Å²) in [4.78, 5) is 0.808. The minimum Gasteiger partial charge on any atom is -0.399 e. The molecule has 0 fully saturated rings. The number of nitrogens with two attached hydrogens (primary N) is 1. The van der Waals surface area contributed by atoms with Crippen LogP contribution in [0.3, 0.4) is 0 Å². The van der Waals surface area contributed by atoms with E-state index in [0.29, 0.717) is 18.0 Å². The third-order valence-electron chi connectivity index (χ3n) is 2.26. The van der Waals surface area contributed by atoms with Gasteiger partial charge in [0, 0.05) is 10.6 Å². The van der Waals surface area contributed by atoms with E-state index < -0.39 is 10.8 Å². The molecule has 0 heterocycles. The molecule has 0 aromatic heterocycles. The van der Waals surface area contributed by atoms with Crippen LogP contribution in [0.5, 0.6) is 0 Å². The predicted octanol–water partition coefficient (Wildman–Crippen LogP) is 2.50. The summed E-state index contributed by atoms with van der Waals surface area (Å²) in [5.74, 6) is 0.502. The summed E-state index contributed by atoms with van der Waals surface area (Å²) < 4.78 is 17.6. The fourth-order valence-electron chi connectivity index (χ4n) is 1.40. The van der Waals surface area contributed by atoms with Crippen molar-refractivity contribution in [1.29, 1.82) is 0 Å². The summed E-state index contributed by atoms with van der Waals surface area (Å²) in [6, 6.07) is 5.50. The minimum atomic E-state index is -1.04. The molecule has 1 aromatic carbocycles. The van der Waals surface area contributed by atoms with Crippen LogP contribution in [0.2, 0.25) is 0 Å². The molecular formula is C13H21NO2S. The monoisotopic (exact) mass is 255 g/mol. The Kier molecular flexibility index (Phi) is 4.71. The van der Waals surface area contributed by atoms with Crippen molar-refractivity contribution in [3.05, 3.63) is 23.8 Å².